The van der Waals surface area contributed by atoms with Gasteiger partial charge in [-0.2, -0.15) is 0 Å². The summed E-state index contributed by atoms with van der Waals surface area (Å²) >= 11 is 1.34. The number of ether oxygens (including phenoxy) is 1. The van der Waals surface area contributed by atoms with Crippen LogP contribution in [0.5, 0.6) is 0 Å². The lowest BCUT2D eigenvalue weighted by atomic mass is 10.1. The molecule has 0 spiro atoms. The highest BCUT2D eigenvalue weighted by Crippen LogP contribution is 2.27. The van der Waals surface area contributed by atoms with Crippen LogP contribution in [0, 0.1) is 5.92 Å². The lowest BCUT2D eigenvalue weighted by Crippen LogP contribution is -2.28. The Kier molecular flexibility index (Phi) is 6.52. The van der Waals surface area contributed by atoms with Gasteiger partial charge in [-0.1, -0.05) is 30.4 Å². The van der Waals surface area contributed by atoms with Gasteiger partial charge in [0.2, 0.25) is 16.9 Å². The molecule has 0 saturated carbocycles. The van der Waals surface area contributed by atoms with Crippen molar-refractivity contribution in [3.05, 3.63) is 34.8 Å². The Balaban J connectivity index is 1.57. The zero-order chi connectivity index (χ0) is 19.2. The predicted molar refractivity (Wildman–Crippen MR) is 105 cm³/mol. The van der Waals surface area contributed by atoms with E-state index in [1.165, 1.54) is 16.9 Å². The number of rotatable bonds is 8. The van der Waals surface area contributed by atoms with Gasteiger partial charge >= 0.3 is 0 Å². The van der Waals surface area contributed by atoms with E-state index in [-0.39, 0.29) is 24.2 Å². The fourth-order valence-corrected chi connectivity index (χ4v) is 3.68. The average molecular weight is 388 g/mol. The van der Waals surface area contributed by atoms with Crippen LogP contribution in [0.25, 0.3) is 0 Å². The Labute approximate surface area is 162 Å². The summed E-state index contributed by atoms with van der Waals surface area (Å²) in [6.45, 7) is 5.66. The number of benzene rings is 1. The molecule has 1 aromatic carbocycles. The van der Waals surface area contributed by atoms with Gasteiger partial charge in [-0.05, 0) is 31.0 Å². The topological polar surface area (TPSA) is 84.4 Å². The van der Waals surface area contributed by atoms with Gasteiger partial charge in [-0.15, -0.1) is 10.2 Å². The molecule has 8 heteroatoms. The highest BCUT2D eigenvalue weighted by molar-refractivity contribution is 7.15. The maximum atomic E-state index is 12.5. The highest BCUT2D eigenvalue weighted by Gasteiger charge is 2.35. The fourth-order valence-electron chi connectivity index (χ4n) is 2.96. The Morgan fingerprint density at radius 1 is 1.30 bits per heavy atom. The number of carbonyl (C=O) groups excluding carboxylic acids is 2. The normalized spacial score (nSPS) is 16.7. The van der Waals surface area contributed by atoms with Gasteiger partial charge in [0.25, 0.3) is 0 Å². The third-order valence-corrected chi connectivity index (χ3v) is 5.41. The lowest BCUT2D eigenvalue weighted by molar-refractivity contribution is -0.122. The number of anilines is 2. The number of hydrogen-bond donors (Lipinski definition) is 1. The largest absolute Gasteiger partial charge is 0.381 e. The number of nitrogens with zero attached hydrogens (tertiary/aromatic N) is 3. The Morgan fingerprint density at radius 3 is 2.78 bits per heavy atom. The minimum Gasteiger partial charge on any atom is -0.381 e. The van der Waals surface area contributed by atoms with E-state index >= 15 is 0 Å². The third-order valence-electron chi connectivity index (χ3n) is 4.51. The van der Waals surface area contributed by atoms with E-state index in [2.05, 4.69) is 22.4 Å². The van der Waals surface area contributed by atoms with Crippen LogP contribution in [-0.4, -0.2) is 41.8 Å². The van der Waals surface area contributed by atoms with E-state index in [4.69, 9.17) is 4.74 Å². The minimum absolute atomic E-state index is 0.0333. The van der Waals surface area contributed by atoms with Crippen LogP contribution in [0.2, 0.25) is 0 Å². The summed E-state index contributed by atoms with van der Waals surface area (Å²) in [6.07, 6.45) is 1.83. The first kappa shape index (κ1) is 19.4. The molecule has 27 heavy (non-hydrogen) atoms. The Bertz CT molecular complexity index is 791. The van der Waals surface area contributed by atoms with Crippen molar-refractivity contribution in [1.82, 2.24) is 10.2 Å². The zero-order valence-corrected chi connectivity index (χ0v) is 16.4. The molecule has 1 N–H and O–H groups in total. The summed E-state index contributed by atoms with van der Waals surface area (Å²) in [6, 6.07) is 7.90. The molecule has 2 aromatic rings. The number of aromatic nitrogens is 2. The second-order valence-electron chi connectivity index (χ2n) is 6.36. The van der Waals surface area contributed by atoms with E-state index < -0.39 is 0 Å². The van der Waals surface area contributed by atoms with Crippen molar-refractivity contribution in [3.8, 4) is 0 Å². The van der Waals surface area contributed by atoms with Crippen LogP contribution in [-0.2, 0) is 27.2 Å². The van der Waals surface area contributed by atoms with Gasteiger partial charge in [0.15, 0.2) is 0 Å². The first-order valence-electron chi connectivity index (χ1n) is 9.21. The molecule has 3 rings (SSSR count). The Morgan fingerprint density at radius 2 is 2.07 bits per heavy atom. The molecule has 2 amide bonds. The van der Waals surface area contributed by atoms with Crippen molar-refractivity contribution < 1.29 is 14.3 Å². The van der Waals surface area contributed by atoms with Gasteiger partial charge in [0, 0.05) is 31.7 Å². The smallest absolute Gasteiger partial charge is 0.231 e. The zero-order valence-electron chi connectivity index (χ0n) is 15.6. The highest BCUT2D eigenvalue weighted by atomic mass is 32.1. The third kappa shape index (κ3) is 4.90. The molecule has 0 aliphatic carbocycles. The molecule has 1 saturated heterocycles. The van der Waals surface area contributed by atoms with Gasteiger partial charge in [-0.3, -0.25) is 9.59 Å². The number of amides is 2. The van der Waals surface area contributed by atoms with Crippen molar-refractivity contribution in [1.29, 1.82) is 0 Å². The monoisotopic (exact) mass is 388 g/mol. The molecule has 0 radical (unpaired) electrons. The van der Waals surface area contributed by atoms with Crippen LogP contribution < -0.4 is 10.2 Å². The maximum Gasteiger partial charge on any atom is 0.231 e. The molecule has 1 aromatic heterocycles. The molecule has 144 valence electrons. The number of aryl methyl sites for hydroxylation is 1. The van der Waals surface area contributed by atoms with Crippen molar-refractivity contribution in [3.63, 3.8) is 0 Å². The maximum absolute atomic E-state index is 12.5. The van der Waals surface area contributed by atoms with Gasteiger partial charge in [0.05, 0.1) is 12.5 Å². The molecule has 1 aliphatic rings. The second-order valence-corrected chi connectivity index (χ2v) is 7.42. The van der Waals surface area contributed by atoms with Gasteiger partial charge in [0.1, 0.15) is 5.01 Å². The second kappa shape index (κ2) is 9.05. The Hall–Kier alpha value is -2.32. The summed E-state index contributed by atoms with van der Waals surface area (Å²) in [5.41, 5.74) is 2.05. The SMILES string of the molecule is CCOCCc1nnc(NC(=O)C2CC(=O)N(c3ccc(CC)cc3)C2)s1. The summed E-state index contributed by atoms with van der Waals surface area (Å²) in [5, 5.41) is 12.1. The number of hydrogen-bond acceptors (Lipinski definition) is 6. The van der Waals surface area contributed by atoms with E-state index in [0.717, 1.165) is 17.1 Å². The first-order chi connectivity index (χ1) is 13.1. The molecule has 0 bridgehead atoms. The molecular weight excluding hydrogens is 364 g/mol. The molecule has 1 atom stereocenters. The van der Waals surface area contributed by atoms with Crippen LogP contribution in [0.1, 0.15) is 30.8 Å². The van der Waals surface area contributed by atoms with Crippen LogP contribution in [0.15, 0.2) is 24.3 Å². The molecular formula is C19H24N4O3S. The van der Waals surface area contributed by atoms with Crippen LogP contribution >= 0.6 is 11.3 Å². The van der Waals surface area contributed by atoms with Crippen molar-refractivity contribution >= 4 is 34.0 Å². The average Bonchev–Trinajstić information content (AvgIpc) is 3.28. The molecule has 7 nitrogen and oxygen atoms in total. The first-order valence-corrected chi connectivity index (χ1v) is 10.0. The predicted octanol–water partition coefficient (Wildman–Crippen LogP) is 2.67. The lowest BCUT2D eigenvalue weighted by Gasteiger charge is -2.17. The van der Waals surface area contributed by atoms with Crippen LogP contribution in [0.4, 0.5) is 10.8 Å². The number of carbonyl (C=O) groups is 2. The van der Waals surface area contributed by atoms with Crippen molar-refractivity contribution in [2.45, 2.75) is 33.1 Å². The summed E-state index contributed by atoms with van der Waals surface area (Å²) in [4.78, 5) is 26.6. The minimum atomic E-state index is -0.390. The van der Waals surface area contributed by atoms with Gasteiger partial charge in [-0.25, -0.2) is 0 Å². The fraction of sp³-hybridized carbons (Fsp3) is 0.474. The molecule has 2 heterocycles. The summed E-state index contributed by atoms with van der Waals surface area (Å²) in [5.74, 6) is -0.614. The van der Waals surface area contributed by atoms with E-state index in [1.807, 2.05) is 31.2 Å². The molecule has 1 aliphatic heterocycles. The quantitative estimate of drug-likeness (QED) is 0.703. The van der Waals surface area contributed by atoms with E-state index in [1.54, 1.807) is 4.90 Å². The summed E-state index contributed by atoms with van der Waals surface area (Å²) < 4.78 is 5.30. The van der Waals surface area contributed by atoms with E-state index in [9.17, 15) is 9.59 Å². The van der Waals surface area contributed by atoms with E-state index in [0.29, 0.717) is 31.3 Å². The molecule has 1 fully saturated rings. The molecule has 1 unspecified atom stereocenters. The number of nitrogens with one attached hydrogen (secondary N) is 1. The van der Waals surface area contributed by atoms with Crippen molar-refractivity contribution in [2.75, 3.05) is 30.0 Å². The van der Waals surface area contributed by atoms with Gasteiger partial charge < -0.3 is 15.0 Å². The standard InChI is InChI=1S/C19H24N4O3S/c1-3-13-5-7-15(8-6-13)23-12-14(11-17(23)24)18(25)20-19-22-21-16(27-19)9-10-26-4-2/h5-8,14H,3-4,9-12H2,1-2H3,(H,20,22,25). The summed E-state index contributed by atoms with van der Waals surface area (Å²) in [7, 11) is 0. The van der Waals surface area contributed by atoms with Crippen LogP contribution in [0.3, 0.4) is 0 Å². The van der Waals surface area contributed by atoms with Crippen molar-refractivity contribution in [2.24, 2.45) is 5.92 Å².